The molecule has 142 valence electrons. The van der Waals surface area contributed by atoms with Gasteiger partial charge in [-0.15, -0.1) is 0 Å². The number of hydrogen-bond acceptors (Lipinski definition) is 4. The Labute approximate surface area is 155 Å². The number of nitrogens with zero attached hydrogens (tertiary/aromatic N) is 1. The monoisotopic (exact) mass is 359 g/mol. The van der Waals surface area contributed by atoms with Crippen LogP contribution in [0.5, 0.6) is 0 Å². The third kappa shape index (κ3) is 4.71. The summed E-state index contributed by atoms with van der Waals surface area (Å²) in [7, 11) is 0. The van der Waals surface area contributed by atoms with Gasteiger partial charge in [-0.1, -0.05) is 51.3 Å². The minimum atomic E-state index is -1.21. The SMILES string of the molecule is CCCCC[C@H](OC(C)=O)[C@@]1(CCCC)OC(c2ccccc2)=NC1=O. The van der Waals surface area contributed by atoms with Crippen LogP contribution in [0.25, 0.3) is 0 Å². The molecule has 0 radical (unpaired) electrons. The number of rotatable bonds is 10. The zero-order chi connectivity index (χ0) is 19.0. The Morgan fingerprint density at radius 3 is 2.46 bits per heavy atom. The Morgan fingerprint density at radius 2 is 1.85 bits per heavy atom. The molecule has 5 nitrogen and oxygen atoms in total. The maximum atomic E-state index is 12.9. The molecule has 0 N–H and O–H groups in total. The molecule has 2 rings (SSSR count). The van der Waals surface area contributed by atoms with Gasteiger partial charge in [-0.2, -0.15) is 4.99 Å². The smallest absolute Gasteiger partial charge is 0.303 e. The number of benzene rings is 1. The Hall–Kier alpha value is -2.17. The summed E-state index contributed by atoms with van der Waals surface area (Å²) >= 11 is 0. The van der Waals surface area contributed by atoms with Gasteiger partial charge in [0.2, 0.25) is 11.5 Å². The molecule has 0 unspecified atom stereocenters. The highest BCUT2D eigenvalue weighted by atomic mass is 16.6. The molecule has 0 saturated heterocycles. The molecule has 1 aromatic rings. The van der Waals surface area contributed by atoms with E-state index in [0.717, 1.165) is 37.7 Å². The molecule has 0 bridgehead atoms. The van der Waals surface area contributed by atoms with Crippen molar-refractivity contribution < 1.29 is 19.1 Å². The fourth-order valence-electron chi connectivity index (χ4n) is 3.26. The summed E-state index contributed by atoms with van der Waals surface area (Å²) in [6, 6.07) is 9.38. The molecular formula is C21H29NO4. The first-order valence-corrected chi connectivity index (χ1v) is 9.58. The zero-order valence-corrected chi connectivity index (χ0v) is 16.0. The first kappa shape index (κ1) is 20.1. The van der Waals surface area contributed by atoms with E-state index in [1.54, 1.807) is 0 Å². The van der Waals surface area contributed by atoms with E-state index >= 15 is 0 Å². The fraction of sp³-hybridized carbons (Fsp3) is 0.571. The van der Waals surface area contributed by atoms with Gasteiger partial charge in [-0.05, 0) is 31.4 Å². The lowest BCUT2D eigenvalue weighted by atomic mass is 9.86. The maximum Gasteiger partial charge on any atom is 0.303 e. The average Bonchev–Trinajstić information content (AvgIpc) is 2.97. The van der Waals surface area contributed by atoms with Crippen LogP contribution in [0.1, 0.15) is 71.3 Å². The van der Waals surface area contributed by atoms with Crippen LogP contribution in [0.4, 0.5) is 0 Å². The molecule has 5 heteroatoms. The summed E-state index contributed by atoms with van der Waals surface area (Å²) < 4.78 is 11.7. The first-order valence-electron chi connectivity index (χ1n) is 9.58. The molecule has 1 aliphatic heterocycles. The Morgan fingerprint density at radius 1 is 1.15 bits per heavy atom. The van der Waals surface area contributed by atoms with Gasteiger partial charge in [-0.25, -0.2) is 0 Å². The van der Waals surface area contributed by atoms with Gasteiger partial charge >= 0.3 is 5.97 Å². The lowest BCUT2D eigenvalue weighted by molar-refractivity contribution is -0.166. The summed E-state index contributed by atoms with van der Waals surface area (Å²) in [6.07, 6.45) is 5.13. The molecule has 1 amide bonds. The van der Waals surface area contributed by atoms with E-state index in [9.17, 15) is 9.59 Å². The number of esters is 1. The van der Waals surface area contributed by atoms with E-state index in [1.165, 1.54) is 6.92 Å². The van der Waals surface area contributed by atoms with E-state index < -0.39 is 17.7 Å². The van der Waals surface area contributed by atoms with Crippen molar-refractivity contribution in [3.63, 3.8) is 0 Å². The highest BCUT2D eigenvalue weighted by Gasteiger charge is 2.53. The van der Waals surface area contributed by atoms with E-state index in [4.69, 9.17) is 9.47 Å². The Bertz CT molecular complexity index is 641. The topological polar surface area (TPSA) is 65.0 Å². The molecule has 0 aliphatic carbocycles. The number of hydrogen-bond donors (Lipinski definition) is 0. The van der Waals surface area contributed by atoms with Gasteiger partial charge in [0, 0.05) is 18.9 Å². The molecule has 26 heavy (non-hydrogen) atoms. The molecule has 0 spiro atoms. The van der Waals surface area contributed by atoms with Crippen molar-refractivity contribution in [3.8, 4) is 0 Å². The largest absolute Gasteiger partial charge is 0.458 e. The average molecular weight is 359 g/mol. The number of carbonyl (C=O) groups excluding carboxylic acids is 2. The standard InChI is InChI=1S/C21H29NO4/c1-4-6-9-14-18(25-16(3)23)21(15-7-5-2)20(24)22-19(26-21)17-12-10-8-11-13-17/h8,10-13,18H,4-7,9,14-15H2,1-3H3/t18-,21+/m0/s1. The van der Waals surface area contributed by atoms with Crippen LogP contribution in [-0.4, -0.2) is 29.5 Å². The number of amides is 1. The Balaban J connectivity index is 2.30. The third-order valence-corrected chi connectivity index (χ3v) is 4.66. The predicted octanol–water partition coefficient (Wildman–Crippen LogP) is 4.43. The molecule has 1 aromatic carbocycles. The van der Waals surface area contributed by atoms with Gasteiger partial charge < -0.3 is 9.47 Å². The summed E-state index contributed by atoms with van der Waals surface area (Å²) in [5, 5.41) is 0. The van der Waals surface area contributed by atoms with Crippen LogP contribution in [0.2, 0.25) is 0 Å². The highest BCUT2D eigenvalue weighted by Crippen LogP contribution is 2.36. The lowest BCUT2D eigenvalue weighted by Gasteiger charge is -2.34. The molecule has 0 saturated carbocycles. The number of unbranched alkanes of at least 4 members (excludes halogenated alkanes) is 3. The second-order valence-corrected chi connectivity index (χ2v) is 6.78. The van der Waals surface area contributed by atoms with Gasteiger partial charge in [0.1, 0.15) is 0 Å². The summed E-state index contributed by atoms with van der Waals surface area (Å²) in [4.78, 5) is 28.8. The van der Waals surface area contributed by atoms with Crippen LogP contribution in [-0.2, 0) is 19.1 Å². The number of ether oxygens (including phenoxy) is 2. The molecule has 0 aromatic heterocycles. The second kappa shape index (κ2) is 9.51. The van der Waals surface area contributed by atoms with E-state index in [1.807, 2.05) is 30.3 Å². The summed E-state index contributed by atoms with van der Waals surface area (Å²) in [5.74, 6) is -0.418. The van der Waals surface area contributed by atoms with Crippen molar-refractivity contribution >= 4 is 17.8 Å². The first-order chi connectivity index (χ1) is 12.5. The Kier molecular flexibility index (Phi) is 7.37. The molecule has 2 atom stereocenters. The van der Waals surface area contributed by atoms with E-state index in [2.05, 4.69) is 18.8 Å². The van der Waals surface area contributed by atoms with Crippen LogP contribution in [0, 0.1) is 0 Å². The van der Waals surface area contributed by atoms with Crippen LogP contribution >= 0.6 is 0 Å². The van der Waals surface area contributed by atoms with Gasteiger partial charge in [-0.3, -0.25) is 9.59 Å². The van der Waals surface area contributed by atoms with Crippen molar-refractivity contribution in [2.45, 2.75) is 77.4 Å². The normalized spacial score (nSPS) is 20.4. The van der Waals surface area contributed by atoms with Crippen molar-refractivity contribution in [2.24, 2.45) is 4.99 Å². The van der Waals surface area contributed by atoms with Crippen LogP contribution in [0.15, 0.2) is 35.3 Å². The zero-order valence-electron chi connectivity index (χ0n) is 16.0. The molecule has 1 heterocycles. The number of carbonyl (C=O) groups is 2. The molecule has 1 aliphatic rings. The van der Waals surface area contributed by atoms with Crippen molar-refractivity contribution in [2.75, 3.05) is 0 Å². The van der Waals surface area contributed by atoms with Gasteiger partial charge in [0.05, 0.1) is 0 Å². The highest BCUT2D eigenvalue weighted by molar-refractivity contribution is 6.09. The van der Waals surface area contributed by atoms with Crippen molar-refractivity contribution in [3.05, 3.63) is 35.9 Å². The van der Waals surface area contributed by atoms with Crippen LogP contribution < -0.4 is 0 Å². The van der Waals surface area contributed by atoms with E-state index in [0.29, 0.717) is 18.7 Å². The maximum absolute atomic E-state index is 12.9. The summed E-state index contributed by atoms with van der Waals surface area (Å²) in [5.41, 5.74) is -0.449. The number of aliphatic imine (C=N–C) groups is 1. The van der Waals surface area contributed by atoms with Gasteiger partial charge in [0.25, 0.3) is 5.91 Å². The fourth-order valence-corrected chi connectivity index (χ4v) is 3.26. The predicted molar refractivity (Wildman–Crippen MR) is 101 cm³/mol. The quantitative estimate of drug-likeness (QED) is 0.458. The van der Waals surface area contributed by atoms with Crippen LogP contribution in [0.3, 0.4) is 0 Å². The second-order valence-electron chi connectivity index (χ2n) is 6.78. The molecular weight excluding hydrogens is 330 g/mol. The minimum Gasteiger partial charge on any atom is -0.458 e. The van der Waals surface area contributed by atoms with E-state index in [-0.39, 0.29) is 5.91 Å². The minimum absolute atomic E-state index is 0.319. The van der Waals surface area contributed by atoms with Crippen molar-refractivity contribution in [1.29, 1.82) is 0 Å². The lowest BCUT2D eigenvalue weighted by Crippen LogP contribution is -2.50. The van der Waals surface area contributed by atoms with Crippen molar-refractivity contribution in [1.82, 2.24) is 0 Å². The molecule has 0 fully saturated rings. The summed E-state index contributed by atoms with van der Waals surface area (Å²) in [6.45, 7) is 5.55. The van der Waals surface area contributed by atoms with Gasteiger partial charge in [0.15, 0.2) is 6.10 Å². The third-order valence-electron chi connectivity index (χ3n) is 4.66.